The summed E-state index contributed by atoms with van der Waals surface area (Å²) in [5.41, 5.74) is 0. The van der Waals surface area contributed by atoms with Crippen LogP contribution in [-0.2, 0) is 27.8 Å². The third-order valence-electron chi connectivity index (χ3n) is 5.24. The van der Waals surface area contributed by atoms with Gasteiger partial charge in [0.2, 0.25) is 0 Å². The lowest BCUT2D eigenvalue weighted by Crippen LogP contribution is -2.44. The van der Waals surface area contributed by atoms with Gasteiger partial charge in [-0.1, -0.05) is 0 Å². The average molecular weight is 537 g/mol. The fourth-order valence-corrected chi connectivity index (χ4v) is 3.24. The molecular formula is C19H36IN7O3. The van der Waals surface area contributed by atoms with Gasteiger partial charge in [-0.3, -0.25) is 4.90 Å². The Kier molecular flexibility index (Phi) is 11.9. The molecule has 11 heteroatoms. The lowest BCUT2D eigenvalue weighted by molar-refractivity contribution is 0.0389. The summed E-state index contributed by atoms with van der Waals surface area (Å²) in [5.74, 6) is 2.53. The summed E-state index contributed by atoms with van der Waals surface area (Å²) in [6, 6.07) is 0. The van der Waals surface area contributed by atoms with E-state index in [9.17, 15) is 0 Å². The molecular weight excluding hydrogens is 501 g/mol. The van der Waals surface area contributed by atoms with Crippen LogP contribution in [0.3, 0.4) is 0 Å². The maximum absolute atomic E-state index is 5.83. The van der Waals surface area contributed by atoms with E-state index in [1.54, 1.807) is 0 Å². The summed E-state index contributed by atoms with van der Waals surface area (Å²) in [5, 5.41) is 15.1. The highest BCUT2D eigenvalue weighted by atomic mass is 127. The number of nitrogens with one attached hydrogen (secondary N) is 2. The Morgan fingerprint density at radius 3 is 2.67 bits per heavy atom. The van der Waals surface area contributed by atoms with Gasteiger partial charge in [-0.2, -0.15) is 0 Å². The molecule has 0 bridgehead atoms. The average Bonchev–Trinajstić information content (AvgIpc) is 3.37. The Balaban J connectivity index is 0.00000320. The highest BCUT2D eigenvalue weighted by Crippen LogP contribution is 2.07. The SMILES string of the molecule is Cc1nnc(CN=C(NCCCOC2CCOC2)NCCN2CCOCC2)n1C.I. The number of hydrogen-bond donors (Lipinski definition) is 2. The van der Waals surface area contributed by atoms with Crippen molar-refractivity contribution in [1.82, 2.24) is 30.3 Å². The summed E-state index contributed by atoms with van der Waals surface area (Å²) in [4.78, 5) is 7.09. The molecule has 3 rings (SSSR count). The van der Waals surface area contributed by atoms with Crippen molar-refractivity contribution in [2.75, 3.05) is 65.8 Å². The maximum Gasteiger partial charge on any atom is 0.191 e. The van der Waals surface area contributed by atoms with Crippen LogP contribution < -0.4 is 10.6 Å². The Morgan fingerprint density at radius 2 is 1.97 bits per heavy atom. The molecule has 2 saturated heterocycles. The van der Waals surface area contributed by atoms with Crippen LogP contribution in [-0.4, -0.2) is 97.5 Å². The Labute approximate surface area is 196 Å². The number of halogens is 1. The van der Waals surface area contributed by atoms with Crippen LogP contribution in [0.25, 0.3) is 0 Å². The highest BCUT2D eigenvalue weighted by Gasteiger charge is 2.15. The van der Waals surface area contributed by atoms with Crippen molar-refractivity contribution < 1.29 is 14.2 Å². The fourth-order valence-electron chi connectivity index (χ4n) is 3.24. The van der Waals surface area contributed by atoms with Crippen molar-refractivity contribution in [1.29, 1.82) is 0 Å². The standard InChI is InChI=1S/C19H35N7O3.HI/c1-16-23-24-18(25(16)2)14-22-19(21-6-7-26-8-12-27-13-9-26)20-5-3-10-29-17-4-11-28-15-17;/h17H,3-15H2,1-2H3,(H2,20,21,22);1H. The summed E-state index contributed by atoms with van der Waals surface area (Å²) < 4.78 is 18.5. The molecule has 3 heterocycles. The third kappa shape index (κ3) is 8.61. The predicted octanol–water partition coefficient (Wildman–Crippen LogP) is 0.305. The predicted molar refractivity (Wildman–Crippen MR) is 125 cm³/mol. The molecule has 2 aliphatic heterocycles. The molecule has 172 valence electrons. The van der Waals surface area contributed by atoms with E-state index < -0.39 is 0 Å². The van der Waals surface area contributed by atoms with Crippen LogP contribution in [0.15, 0.2) is 4.99 Å². The van der Waals surface area contributed by atoms with E-state index in [1.165, 1.54) is 0 Å². The first kappa shape index (κ1) is 25.2. The highest BCUT2D eigenvalue weighted by molar-refractivity contribution is 14.0. The molecule has 2 aliphatic rings. The van der Waals surface area contributed by atoms with E-state index in [1.807, 2.05) is 18.5 Å². The number of nitrogens with zero attached hydrogens (tertiary/aromatic N) is 5. The number of ether oxygens (including phenoxy) is 3. The Hall–Kier alpha value is -1.02. The summed E-state index contributed by atoms with van der Waals surface area (Å²) in [6.07, 6.45) is 2.18. The topological polar surface area (TPSA) is 98.1 Å². The van der Waals surface area contributed by atoms with Crippen LogP contribution >= 0.6 is 24.0 Å². The molecule has 30 heavy (non-hydrogen) atoms. The second-order valence-electron chi connectivity index (χ2n) is 7.40. The molecule has 0 amide bonds. The number of aliphatic imine (C=N–C) groups is 1. The molecule has 1 aromatic heterocycles. The summed E-state index contributed by atoms with van der Waals surface area (Å²) in [7, 11) is 1.96. The van der Waals surface area contributed by atoms with Gasteiger partial charge in [0.1, 0.15) is 12.4 Å². The lowest BCUT2D eigenvalue weighted by atomic mass is 10.3. The Morgan fingerprint density at radius 1 is 1.17 bits per heavy atom. The first-order chi connectivity index (χ1) is 14.2. The van der Waals surface area contributed by atoms with Crippen LogP contribution in [0, 0.1) is 6.92 Å². The zero-order chi connectivity index (χ0) is 20.3. The molecule has 0 aromatic carbocycles. The number of aryl methyl sites for hydroxylation is 1. The van der Waals surface area contributed by atoms with Crippen molar-refractivity contribution in [3.05, 3.63) is 11.6 Å². The Bertz CT molecular complexity index is 632. The number of rotatable bonds is 10. The maximum atomic E-state index is 5.83. The van der Waals surface area contributed by atoms with Crippen LogP contribution in [0.5, 0.6) is 0 Å². The van der Waals surface area contributed by atoms with Crippen LogP contribution in [0.2, 0.25) is 0 Å². The number of aromatic nitrogens is 3. The minimum absolute atomic E-state index is 0. The molecule has 1 aromatic rings. The van der Waals surface area contributed by atoms with Crippen molar-refractivity contribution in [3.63, 3.8) is 0 Å². The zero-order valence-electron chi connectivity index (χ0n) is 18.1. The van der Waals surface area contributed by atoms with Crippen molar-refractivity contribution in [2.45, 2.75) is 32.4 Å². The van der Waals surface area contributed by atoms with Gasteiger partial charge in [-0.05, 0) is 19.8 Å². The minimum atomic E-state index is 0. The van der Waals surface area contributed by atoms with Crippen LogP contribution in [0.1, 0.15) is 24.5 Å². The van der Waals surface area contributed by atoms with Gasteiger partial charge < -0.3 is 29.4 Å². The van der Waals surface area contributed by atoms with Gasteiger partial charge in [0.15, 0.2) is 11.8 Å². The molecule has 0 aliphatic carbocycles. The molecule has 1 unspecified atom stereocenters. The van der Waals surface area contributed by atoms with Gasteiger partial charge >= 0.3 is 0 Å². The summed E-state index contributed by atoms with van der Waals surface area (Å²) in [6.45, 7) is 10.9. The normalized spacial score (nSPS) is 20.2. The van der Waals surface area contributed by atoms with E-state index >= 15 is 0 Å². The largest absolute Gasteiger partial charge is 0.379 e. The van der Waals surface area contributed by atoms with E-state index in [-0.39, 0.29) is 30.1 Å². The molecule has 1 atom stereocenters. The van der Waals surface area contributed by atoms with Gasteiger partial charge in [-0.25, -0.2) is 4.99 Å². The van der Waals surface area contributed by atoms with E-state index in [0.29, 0.717) is 6.54 Å². The second kappa shape index (κ2) is 14.1. The first-order valence-electron chi connectivity index (χ1n) is 10.6. The zero-order valence-corrected chi connectivity index (χ0v) is 20.5. The molecule has 10 nitrogen and oxygen atoms in total. The van der Waals surface area contributed by atoms with Gasteiger partial charge in [0.05, 0.1) is 25.9 Å². The van der Waals surface area contributed by atoms with E-state index in [2.05, 4.69) is 25.7 Å². The smallest absolute Gasteiger partial charge is 0.191 e. The number of hydrogen-bond acceptors (Lipinski definition) is 7. The molecule has 2 fully saturated rings. The van der Waals surface area contributed by atoms with Crippen molar-refractivity contribution in [3.8, 4) is 0 Å². The summed E-state index contributed by atoms with van der Waals surface area (Å²) >= 11 is 0. The van der Waals surface area contributed by atoms with Crippen molar-refractivity contribution in [2.24, 2.45) is 12.0 Å². The van der Waals surface area contributed by atoms with Crippen molar-refractivity contribution >= 4 is 29.9 Å². The van der Waals surface area contributed by atoms with E-state index in [4.69, 9.17) is 19.2 Å². The third-order valence-corrected chi connectivity index (χ3v) is 5.24. The monoisotopic (exact) mass is 537 g/mol. The van der Waals surface area contributed by atoms with Gasteiger partial charge in [0.25, 0.3) is 0 Å². The van der Waals surface area contributed by atoms with Gasteiger partial charge in [0, 0.05) is 53.0 Å². The quantitative estimate of drug-likeness (QED) is 0.191. The molecule has 2 N–H and O–H groups in total. The fraction of sp³-hybridized carbons (Fsp3) is 0.842. The number of morpholine rings is 1. The number of guanidine groups is 1. The molecule has 0 saturated carbocycles. The minimum Gasteiger partial charge on any atom is -0.379 e. The van der Waals surface area contributed by atoms with Crippen LogP contribution in [0.4, 0.5) is 0 Å². The lowest BCUT2D eigenvalue weighted by Gasteiger charge is -2.26. The van der Waals surface area contributed by atoms with Gasteiger partial charge in [-0.15, -0.1) is 34.2 Å². The van der Waals surface area contributed by atoms with E-state index in [0.717, 1.165) is 96.2 Å². The second-order valence-corrected chi connectivity index (χ2v) is 7.40. The molecule has 0 spiro atoms. The molecule has 0 radical (unpaired) electrons. The first-order valence-corrected chi connectivity index (χ1v) is 10.6.